The number of rotatable bonds is 6. The highest BCUT2D eigenvalue weighted by Crippen LogP contribution is 2.33. The van der Waals surface area contributed by atoms with Crippen LogP contribution in [-0.4, -0.2) is 22.5 Å². The molecule has 5 nitrogen and oxygen atoms in total. The summed E-state index contributed by atoms with van der Waals surface area (Å²) in [5.74, 6) is 0.120. The van der Waals surface area contributed by atoms with E-state index in [0.717, 1.165) is 39.5 Å². The number of ether oxygens (including phenoxy) is 1. The normalized spacial score (nSPS) is 11.1. The molecule has 0 saturated carbocycles. The molecule has 1 aromatic heterocycles. The summed E-state index contributed by atoms with van der Waals surface area (Å²) in [5, 5.41) is 9.23. The Morgan fingerprint density at radius 1 is 0.938 bits per heavy atom. The van der Waals surface area contributed by atoms with Crippen LogP contribution in [0.2, 0.25) is 0 Å². The van der Waals surface area contributed by atoms with Crippen molar-refractivity contribution >= 4 is 12.0 Å². The van der Waals surface area contributed by atoms with Gasteiger partial charge in [-0.05, 0) is 18.6 Å². The first kappa shape index (κ1) is 20.8. The summed E-state index contributed by atoms with van der Waals surface area (Å²) in [4.78, 5) is 20.2. The Labute approximate surface area is 186 Å². The first-order chi connectivity index (χ1) is 15.7. The maximum atomic E-state index is 11.8. The van der Waals surface area contributed by atoms with Crippen molar-refractivity contribution in [3.8, 4) is 40.0 Å². The number of carbonyl (C=O) groups excluding carboxylic acids is 1. The van der Waals surface area contributed by atoms with Crippen molar-refractivity contribution in [3.05, 3.63) is 96.1 Å². The molecule has 1 N–H and O–H groups in total. The summed E-state index contributed by atoms with van der Waals surface area (Å²) < 4.78 is 4.92. The van der Waals surface area contributed by atoms with Gasteiger partial charge in [0, 0.05) is 16.7 Å². The Balaban J connectivity index is 1.71. The summed E-state index contributed by atoms with van der Waals surface area (Å²) in [6, 6.07) is 29.6. The molecule has 0 unspecified atom stereocenters. The Bertz CT molecular complexity index is 1230. The highest BCUT2D eigenvalue weighted by Gasteiger charge is 2.15. The number of aromatic nitrogens is 2. The van der Waals surface area contributed by atoms with E-state index in [0.29, 0.717) is 0 Å². The van der Waals surface area contributed by atoms with Gasteiger partial charge in [0.25, 0.3) is 0 Å². The third-order valence-electron chi connectivity index (χ3n) is 4.92. The maximum Gasteiger partial charge on any atom is 0.348 e. The highest BCUT2D eigenvalue weighted by atomic mass is 16.5. The molecule has 0 fully saturated rings. The van der Waals surface area contributed by atoms with Gasteiger partial charge in [0.15, 0.2) is 0 Å². The molecule has 3 aromatic carbocycles. The second-order valence-electron chi connectivity index (χ2n) is 7.05. The van der Waals surface area contributed by atoms with Gasteiger partial charge < -0.3 is 9.72 Å². The molecule has 32 heavy (non-hydrogen) atoms. The predicted octanol–water partition coefficient (Wildman–Crippen LogP) is 5.88. The van der Waals surface area contributed by atoms with E-state index in [4.69, 9.17) is 9.72 Å². The summed E-state index contributed by atoms with van der Waals surface area (Å²) >= 11 is 0. The van der Waals surface area contributed by atoms with E-state index in [-0.39, 0.29) is 12.2 Å². The van der Waals surface area contributed by atoms with Crippen LogP contribution in [0.15, 0.2) is 90.5 Å². The van der Waals surface area contributed by atoms with Gasteiger partial charge in [-0.1, -0.05) is 84.9 Å². The molecule has 4 aromatic rings. The van der Waals surface area contributed by atoms with Crippen LogP contribution in [-0.2, 0) is 9.53 Å². The Kier molecular flexibility index (Phi) is 6.24. The van der Waals surface area contributed by atoms with Gasteiger partial charge in [-0.25, -0.2) is 9.78 Å². The molecule has 0 aliphatic rings. The third kappa shape index (κ3) is 4.50. The molecule has 0 atom stereocenters. The quantitative estimate of drug-likeness (QED) is 0.240. The minimum Gasteiger partial charge on any atom is -0.462 e. The van der Waals surface area contributed by atoms with Crippen molar-refractivity contribution in [1.29, 1.82) is 5.26 Å². The molecule has 5 heteroatoms. The van der Waals surface area contributed by atoms with Crippen LogP contribution in [0.5, 0.6) is 0 Å². The number of carbonyl (C=O) groups is 1. The number of esters is 1. The first-order valence-corrected chi connectivity index (χ1v) is 10.3. The van der Waals surface area contributed by atoms with Crippen molar-refractivity contribution in [2.75, 3.05) is 6.61 Å². The van der Waals surface area contributed by atoms with Crippen molar-refractivity contribution in [1.82, 2.24) is 9.97 Å². The fourth-order valence-corrected chi connectivity index (χ4v) is 3.38. The fourth-order valence-electron chi connectivity index (χ4n) is 3.38. The Morgan fingerprint density at radius 2 is 1.56 bits per heavy atom. The molecule has 0 aliphatic carbocycles. The van der Waals surface area contributed by atoms with Gasteiger partial charge in [-0.15, -0.1) is 0 Å². The topological polar surface area (TPSA) is 78.8 Å². The molecule has 4 rings (SSSR count). The van der Waals surface area contributed by atoms with Crippen LogP contribution in [0.1, 0.15) is 12.5 Å². The van der Waals surface area contributed by atoms with Crippen LogP contribution < -0.4 is 0 Å². The lowest BCUT2D eigenvalue weighted by atomic mass is 10.1. The number of benzene rings is 3. The number of hydrogen-bond donors (Lipinski definition) is 1. The van der Waals surface area contributed by atoms with Gasteiger partial charge in [-0.2, -0.15) is 5.26 Å². The molecule has 0 spiro atoms. The first-order valence-electron chi connectivity index (χ1n) is 10.3. The van der Waals surface area contributed by atoms with Crippen molar-refractivity contribution in [2.45, 2.75) is 6.92 Å². The van der Waals surface area contributed by atoms with Crippen LogP contribution in [0.3, 0.4) is 0 Å². The second-order valence-corrected chi connectivity index (χ2v) is 7.05. The number of nitrogens with zero attached hydrogens (tertiary/aromatic N) is 2. The summed E-state index contributed by atoms with van der Waals surface area (Å²) in [6.07, 6.45) is 1.52. The van der Waals surface area contributed by atoms with Gasteiger partial charge in [0.05, 0.1) is 18.0 Å². The molecular weight excluding hydrogens is 398 g/mol. The molecule has 0 aliphatic heterocycles. The number of hydrogen-bond acceptors (Lipinski definition) is 4. The Hall–Kier alpha value is -4.43. The lowest BCUT2D eigenvalue weighted by Crippen LogP contribution is -2.05. The van der Waals surface area contributed by atoms with Gasteiger partial charge in [0.2, 0.25) is 0 Å². The minimum absolute atomic E-state index is 0.0321. The van der Waals surface area contributed by atoms with Crippen molar-refractivity contribution in [2.24, 2.45) is 0 Å². The number of aromatic amines is 1. The third-order valence-corrected chi connectivity index (χ3v) is 4.92. The van der Waals surface area contributed by atoms with Crippen LogP contribution in [0.25, 0.3) is 40.0 Å². The molecule has 0 radical (unpaired) electrons. The average Bonchev–Trinajstić information content (AvgIpc) is 3.30. The standard InChI is InChI=1S/C27H21N3O2/c1-2-32-27(31)23(18-28)17-19-13-15-22(16-14-19)26-29-24(20-9-5-3-6-10-20)25(30-26)21-11-7-4-8-12-21/h3-17H,2H2,1H3,(H,29,30). The zero-order valence-corrected chi connectivity index (χ0v) is 17.6. The van der Waals surface area contributed by atoms with Crippen LogP contribution in [0.4, 0.5) is 0 Å². The lowest BCUT2D eigenvalue weighted by molar-refractivity contribution is -0.137. The summed E-state index contributed by atoms with van der Waals surface area (Å²) in [7, 11) is 0. The van der Waals surface area contributed by atoms with E-state index in [2.05, 4.69) is 17.1 Å². The van der Waals surface area contributed by atoms with Crippen LogP contribution in [0, 0.1) is 11.3 Å². The summed E-state index contributed by atoms with van der Waals surface area (Å²) in [5.41, 5.74) is 5.51. The molecule has 0 bridgehead atoms. The van der Waals surface area contributed by atoms with E-state index >= 15 is 0 Å². The molecular formula is C27H21N3O2. The maximum absolute atomic E-state index is 11.8. The minimum atomic E-state index is -0.620. The Morgan fingerprint density at radius 3 is 2.16 bits per heavy atom. The molecule has 156 valence electrons. The number of H-pyrrole nitrogens is 1. The predicted molar refractivity (Wildman–Crippen MR) is 125 cm³/mol. The molecule has 0 saturated heterocycles. The second kappa shape index (κ2) is 9.59. The van der Waals surface area contributed by atoms with Crippen molar-refractivity contribution < 1.29 is 9.53 Å². The lowest BCUT2D eigenvalue weighted by Gasteiger charge is -2.02. The van der Waals surface area contributed by atoms with Gasteiger partial charge >= 0.3 is 5.97 Å². The van der Waals surface area contributed by atoms with E-state index in [1.165, 1.54) is 6.08 Å². The van der Waals surface area contributed by atoms with E-state index in [1.54, 1.807) is 6.92 Å². The highest BCUT2D eigenvalue weighted by molar-refractivity contribution is 5.97. The SMILES string of the molecule is CCOC(=O)C(C#N)=Cc1ccc(-c2nc(-c3ccccc3)c(-c3ccccc3)[nH]2)cc1. The number of nitrogens with one attached hydrogen (secondary N) is 1. The number of nitriles is 1. The van der Waals surface area contributed by atoms with Gasteiger partial charge in [-0.3, -0.25) is 0 Å². The zero-order valence-electron chi connectivity index (χ0n) is 17.6. The van der Waals surface area contributed by atoms with Gasteiger partial charge in [0.1, 0.15) is 17.5 Å². The fraction of sp³-hybridized carbons (Fsp3) is 0.0741. The molecule has 0 amide bonds. The summed E-state index contributed by atoms with van der Waals surface area (Å²) in [6.45, 7) is 1.93. The molecule has 1 heterocycles. The van der Waals surface area contributed by atoms with Crippen molar-refractivity contribution in [3.63, 3.8) is 0 Å². The average molecular weight is 419 g/mol. The monoisotopic (exact) mass is 419 g/mol. The van der Waals surface area contributed by atoms with E-state index in [9.17, 15) is 10.1 Å². The zero-order chi connectivity index (χ0) is 22.3. The van der Waals surface area contributed by atoms with E-state index in [1.807, 2.05) is 78.9 Å². The largest absolute Gasteiger partial charge is 0.462 e. The smallest absolute Gasteiger partial charge is 0.348 e. The van der Waals surface area contributed by atoms with E-state index < -0.39 is 5.97 Å². The number of imidazole rings is 1. The van der Waals surface area contributed by atoms with Crippen LogP contribution >= 0.6 is 0 Å².